The first-order valence-corrected chi connectivity index (χ1v) is 9.97. The van der Waals surface area contributed by atoms with E-state index in [2.05, 4.69) is 42.6 Å². The number of pyridine rings is 2. The third-order valence-electron chi connectivity index (χ3n) is 5.07. The number of fused-ring (bicyclic) bond motifs is 1. The normalized spacial score (nSPS) is 12.8. The summed E-state index contributed by atoms with van der Waals surface area (Å²) in [4.78, 5) is 22.5. The summed E-state index contributed by atoms with van der Waals surface area (Å²) >= 11 is 0. The number of rotatable bonds is 4. The van der Waals surface area contributed by atoms with Crippen LogP contribution in [0.5, 0.6) is 0 Å². The molecule has 0 spiro atoms. The Balaban J connectivity index is 1.48. The number of hydrogen-bond donors (Lipinski definition) is 2. The van der Waals surface area contributed by atoms with Gasteiger partial charge in [0.05, 0.1) is 23.6 Å². The average Bonchev–Trinajstić information content (AvgIpc) is 3.52. The van der Waals surface area contributed by atoms with Gasteiger partial charge in [-0.2, -0.15) is 15.0 Å². The SMILES string of the molecule is CNc1ncc(C#Cc2ccc(-n3nccn3)cc2)c2cc(NC(=O)C3CC3)ncc12. The second kappa shape index (κ2) is 7.88. The Morgan fingerprint density at radius 3 is 2.52 bits per heavy atom. The fraction of sp³-hybridized carbons (Fsp3) is 0.174. The van der Waals surface area contributed by atoms with Crippen molar-refractivity contribution in [2.24, 2.45) is 5.92 Å². The average molecular weight is 409 g/mol. The summed E-state index contributed by atoms with van der Waals surface area (Å²) < 4.78 is 0. The minimum atomic E-state index is 0.0224. The Morgan fingerprint density at radius 2 is 1.81 bits per heavy atom. The largest absolute Gasteiger partial charge is 0.373 e. The lowest BCUT2D eigenvalue weighted by atomic mass is 10.1. The molecular formula is C23H19N7O. The number of carbonyl (C=O) groups excluding carboxylic acids is 1. The first-order valence-electron chi connectivity index (χ1n) is 9.97. The van der Waals surface area contributed by atoms with E-state index in [0.717, 1.165) is 40.4 Å². The lowest BCUT2D eigenvalue weighted by Gasteiger charge is -2.09. The monoisotopic (exact) mass is 409 g/mol. The number of hydrogen-bond acceptors (Lipinski definition) is 6. The molecule has 0 aliphatic heterocycles. The fourth-order valence-electron chi connectivity index (χ4n) is 3.24. The van der Waals surface area contributed by atoms with Crippen LogP contribution in [0.1, 0.15) is 24.0 Å². The third-order valence-corrected chi connectivity index (χ3v) is 5.07. The van der Waals surface area contributed by atoms with Gasteiger partial charge in [0, 0.05) is 41.7 Å². The second-order valence-corrected chi connectivity index (χ2v) is 7.26. The first-order chi connectivity index (χ1) is 15.2. The molecule has 5 rings (SSSR count). The van der Waals surface area contributed by atoms with Crippen LogP contribution in [0, 0.1) is 17.8 Å². The number of nitrogens with one attached hydrogen (secondary N) is 2. The van der Waals surface area contributed by atoms with Crippen molar-refractivity contribution in [2.75, 3.05) is 17.7 Å². The molecule has 4 aromatic rings. The van der Waals surface area contributed by atoms with Crippen LogP contribution in [0.25, 0.3) is 16.5 Å². The van der Waals surface area contributed by atoms with Gasteiger partial charge in [0.25, 0.3) is 0 Å². The zero-order chi connectivity index (χ0) is 21.2. The highest BCUT2D eigenvalue weighted by Crippen LogP contribution is 2.31. The predicted octanol–water partition coefficient (Wildman–Crippen LogP) is 3.00. The first kappa shape index (κ1) is 18.8. The molecule has 8 heteroatoms. The molecule has 0 atom stereocenters. The molecule has 1 amide bonds. The third kappa shape index (κ3) is 3.94. The molecule has 0 saturated heterocycles. The number of anilines is 2. The Labute approximate surface area is 178 Å². The van der Waals surface area contributed by atoms with Gasteiger partial charge >= 0.3 is 0 Å². The molecule has 0 bridgehead atoms. The van der Waals surface area contributed by atoms with Crippen LogP contribution >= 0.6 is 0 Å². The quantitative estimate of drug-likeness (QED) is 0.503. The standard InChI is InChI=1S/C23H19N7O/c1-24-22-20-14-25-21(29-23(31)16-6-7-16)12-19(20)17(13-26-22)5-2-15-3-8-18(9-4-15)30-27-10-11-28-30/h3-4,8-14,16H,6-7H2,1H3,(H,24,26)(H,25,29,31). The van der Waals surface area contributed by atoms with E-state index in [1.165, 1.54) is 0 Å². The van der Waals surface area contributed by atoms with Crippen molar-refractivity contribution in [3.8, 4) is 17.5 Å². The van der Waals surface area contributed by atoms with Crippen molar-refractivity contribution < 1.29 is 4.79 Å². The van der Waals surface area contributed by atoms with Gasteiger partial charge in [-0.3, -0.25) is 4.79 Å². The highest BCUT2D eigenvalue weighted by molar-refractivity contribution is 5.99. The Bertz CT molecular complexity index is 1310. The number of carbonyl (C=O) groups is 1. The van der Waals surface area contributed by atoms with Crippen molar-refractivity contribution >= 4 is 28.3 Å². The molecule has 1 saturated carbocycles. The summed E-state index contributed by atoms with van der Waals surface area (Å²) in [7, 11) is 1.81. The Hall–Kier alpha value is -4.25. The van der Waals surface area contributed by atoms with Gasteiger partial charge < -0.3 is 10.6 Å². The Morgan fingerprint density at radius 1 is 1.03 bits per heavy atom. The fourth-order valence-corrected chi connectivity index (χ4v) is 3.24. The van der Waals surface area contributed by atoms with Gasteiger partial charge in [-0.15, -0.1) is 0 Å². The number of amides is 1. The van der Waals surface area contributed by atoms with Gasteiger partial charge in [0.2, 0.25) is 5.91 Å². The van der Waals surface area contributed by atoms with Gasteiger partial charge in [-0.05, 0) is 43.2 Å². The lowest BCUT2D eigenvalue weighted by Crippen LogP contribution is -2.14. The van der Waals surface area contributed by atoms with Crippen LogP contribution in [0.3, 0.4) is 0 Å². The van der Waals surface area contributed by atoms with Crippen molar-refractivity contribution in [3.63, 3.8) is 0 Å². The topological polar surface area (TPSA) is 97.6 Å². The minimum Gasteiger partial charge on any atom is -0.373 e. The molecule has 1 aromatic carbocycles. The summed E-state index contributed by atoms with van der Waals surface area (Å²) in [5.74, 6) is 7.76. The Kier molecular flexibility index (Phi) is 4.77. The maximum absolute atomic E-state index is 12.1. The molecule has 1 fully saturated rings. The number of aromatic nitrogens is 5. The van der Waals surface area contributed by atoms with E-state index < -0.39 is 0 Å². The van der Waals surface area contributed by atoms with Gasteiger partial charge in [0.1, 0.15) is 11.6 Å². The van der Waals surface area contributed by atoms with Gasteiger partial charge in [0.15, 0.2) is 0 Å². The van der Waals surface area contributed by atoms with Gasteiger partial charge in [-0.25, -0.2) is 9.97 Å². The highest BCUT2D eigenvalue weighted by Gasteiger charge is 2.29. The number of benzene rings is 1. The van der Waals surface area contributed by atoms with E-state index in [4.69, 9.17) is 0 Å². The van der Waals surface area contributed by atoms with Crippen molar-refractivity contribution in [1.82, 2.24) is 25.0 Å². The van der Waals surface area contributed by atoms with E-state index >= 15 is 0 Å². The van der Waals surface area contributed by atoms with Crippen LogP contribution in [0.15, 0.2) is 55.1 Å². The van der Waals surface area contributed by atoms with E-state index in [-0.39, 0.29) is 11.8 Å². The van der Waals surface area contributed by atoms with E-state index in [0.29, 0.717) is 11.6 Å². The van der Waals surface area contributed by atoms with Crippen LogP contribution < -0.4 is 10.6 Å². The molecule has 3 heterocycles. The molecule has 3 aromatic heterocycles. The summed E-state index contributed by atoms with van der Waals surface area (Å²) in [5, 5.41) is 16.0. The smallest absolute Gasteiger partial charge is 0.228 e. The molecule has 152 valence electrons. The second-order valence-electron chi connectivity index (χ2n) is 7.26. The lowest BCUT2D eigenvalue weighted by molar-refractivity contribution is -0.117. The summed E-state index contributed by atoms with van der Waals surface area (Å²) in [6, 6.07) is 9.53. The molecular weight excluding hydrogens is 390 g/mol. The van der Waals surface area contributed by atoms with Crippen LogP contribution in [0.4, 0.5) is 11.6 Å². The summed E-state index contributed by atoms with van der Waals surface area (Å²) in [6.07, 6.45) is 8.61. The molecule has 8 nitrogen and oxygen atoms in total. The molecule has 31 heavy (non-hydrogen) atoms. The zero-order valence-corrected chi connectivity index (χ0v) is 16.8. The molecule has 0 radical (unpaired) electrons. The molecule has 2 N–H and O–H groups in total. The molecule has 1 aliphatic rings. The molecule has 0 unspecified atom stereocenters. The predicted molar refractivity (Wildman–Crippen MR) is 118 cm³/mol. The van der Waals surface area contributed by atoms with Crippen LogP contribution in [-0.2, 0) is 4.79 Å². The van der Waals surface area contributed by atoms with Crippen molar-refractivity contribution in [2.45, 2.75) is 12.8 Å². The summed E-state index contributed by atoms with van der Waals surface area (Å²) in [5.41, 5.74) is 2.48. The van der Waals surface area contributed by atoms with E-state index in [9.17, 15) is 4.79 Å². The maximum Gasteiger partial charge on any atom is 0.228 e. The number of nitrogens with zero attached hydrogens (tertiary/aromatic N) is 5. The van der Waals surface area contributed by atoms with Crippen molar-refractivity contribution in [3.05, 3.63) is 66.2 Å². The zero-order valence-electron chi connectivity index (χ0n) is 16.8. The molecule has 1 aliphatic carbocycles. The van der Waals surface area contributed by atoms with Crippen LogP contribution in [-0.4, -0.2) is 37.9 Å². The van der Waals surface area contributed by atoms with Crippen LogP contribution in [0.2, 0.25) is 0 Å². The highest BCUT2D eigenvalue weighted by atomic mass is 16.2. The minimum absolute atomic E-state index is 0.0224. The van der Waals surface area contributed by atoms with E-state index in [1.54, 1.807) is 29.6 Å². The summed E-state index contributed by atoms with van der Waals surface area (Å²) in [6.45, 7) is 0. The maximum atomic E-state index is 12.1. The van der Waals surface area contributed by atoms with Crippen molar-refractivity contribution in [1.29, 1.82) is 0 Å². The van der Waals surface area contributed by atoms with E-state index in [1.807, 2.05) is 37.4 Å². The van der Waals surface area contributed by atoms with Gasteiger partial charge in [-0.1, -0.05) is 11.8 Å².